The van der Waals surface area contributed by atoms with Crippen molar-refractivity contribution in [1.29, 1.82) is 0 Å². The Balaban J connectivity index is 1.52. The molecule has 0 unspecified atom stereocenters. The van der Waals surface area contributed by atoms with Crippen molar-refractivity contribution in [2.24, 2.45) is 0 Å². The van der Waals surface area contributed by atoms with Crippen molar-refractivity contribution in [2.45, 2.75) is 83.2 Å². The molecule has 0 radical (unpaired) electrons. The van der Waals surface area contributed by atoms with E-state index in [-0.39, 0.29) is 23.4 Å². The minimum atomic E-state index is -0.315. The summed E-state index contributed by atoms with van der Waals surface area (Å²) in [6.45, 7) is 6.09. The molecule has 2 amide bonds. The Morgan fingerprint density at radius 1 is 1.03 bits per heavy atom. The van der Waals surface area contributed by atoms with Gasteiger partial charge < -0.3 is 10.6 Å². The van der Waals surface area contributed by atoms with E-state index in [9.17, 15) is 9.59 Å². The van der Waals surface area contributed by atoms with Crippen molar-refractivity contribution >= 4 is 29.1 Å². The van der Waals surface area contributed by atoms with Gasteiger partial charge in [-0.1, -0.05) is 30.9 Å². The first kappa shape index (κ1) is 21.9. The number of carbonyl (C=O) groups is 2. The maximum Gasteiger partial charge on any atom is 0.273 e. The average molecular weight is 443 g/mol. The molecule has 1 aromatic carbocycles. The molecule has 1 heterocycles. The molecule has 6 nitrogen and oxygen atoms in total. The molecule has 0 spiro atoms. The van der Waals surface area contributed by atoms with Crippen LogP contribution in [0, 0.1) is 0 Å². The molecule has 2 N–H and O–H groups in total. The van der Waals surface area contributed by atoms with Gasteiger partial charge in [0.2, 0.25) is 0 Å². The Labute approximate surface area is 188 Å². The minimum Gasteiger partial charge on any atom is -0.349 e. The molecule has 2 fully saturated rings. The van der Waals surface area contributed by atoms with E-state index in [4.69, 9.17) is 16.7 Å². The summed E-state index contributed by atoms with van der Waals surface area (Å²) in [5.74, 6) is 0.0276. The van der Waals surface area contributed by atoms with E-state index in [2.05, 4.69) is 10.6 Å². The molecule has 7 heteroatoms. The lowest BCUT2D eigenvalue weighted by atomic mass is 9.95. The Bertz CT molecular complexity index is 982. The van der Waals surface area contributed by atoms with Gasteiger partial charge in [0.05, 0.1) is 21.8 Å². The van der Waals surface area contributed by atoms with Crippen LogP contribution >= 0.6 is 11.6 Å². The zero-order chi connectivity index (χ0) is 22.2. The highest BCUT2D eigenvalue weighted by Crippen LogP contribution is 2.40. The monoisotopic (exact) mass is 442 g/mol. The van der Waals surface area contributed by atoms with Crippen LogP contribution in [0.1, 0.15) is 98.2 Å². The van der Waals surface area contributed by atoms with Crippen molar-refractivity contribution in [3.63, 3.8) is 0 Å². The van der Waals surface area contributed by atoms with Crippen LogP contribution < -0.4 is 10.6 Å². The van der Waals surface area contributed by atoms with Gasteiger partial charge in [-0.25, -0.2) is 0 Å². The molecule has 1 aromatic heterocycles. The van der Waals surface area contributed by atoms with Gasteiger partial charge in [-0.2, -0.15) is 5.10 Å². The van der Waals surface area contributed by atoms with E-state index < -0.39 is 0 Å². The standard InChI is InChI=1S/C24H31ClN4O2/c1-24(2,3)29-21(14-20(28-29)15-9-10-15)23(31)27-17-11-12-19(25)18(13-17)22(30)26-16-7-5-4-6-8-16/h11-16H,4-10H2,1-3H3,(H,26,30)(H,27,31). The van der Waals surface area contributed by atoms with Crippen LogP contribution in [0.25, 0.3) is 0 Å². The fourth-order valence-electron chi connectivity index (χ4n) is 4.13. The molecule has 166 valence electrons. The second-order valence-corrected chi connectivity index (χ2v) is 10.2. The summed E-state index contributed by atoms with van der Waals surface area (Å²) in [6.07, 6.45) is 7.75. The van der Waals surface area contributed by atoms with Crippen LogP contribution in [0.5, 0.6) is 0 Å². The highest BCUT2D eigenvalue weighted by atomic mass is 35.5. The van der Waals surface area contributed by atoms with E-state index in [1.165, 1.54) is 6.42 Å². The molecule has 0 bridgehead atoms. The summed E-state index contributed by atoms with van der Waals surface area (Å²) in [6, 6.07) is 7.11. The summed E-state index contributed by atoms with van der Waals surface area (Å²) in [5, 5.41) is 11.1. The van der Waals surface area contributed by atoms with Crippen molar-refractivity contribution < 1.29 is 9.59 Å². The molecule has 2 aliphatic rings. The van der Waals surface area contributed by atoms with Crippen LogP contribution in [0.3, 0.4) is 0 Å². The maximum atomic E-state index is 13.1. The smallest absolute Gasteiger partial charge is 0.273 e. The zero-order valence-corrected chi connectivity index (χ0v) is 19.3. The van der Waals surface area contributed by atoms with Gasteiger partial charge >= 0.3 is 0 Å². The summed E-state index contributed by atoms with van der Waals surface area (Å²) in [4.78, 5) is 25.9. The third-order valence-corrected chi connectivity index (χ3v) is 6.33. The first-order valence-corrected chi connectivity index (χ1v) is 11.6. The van der Waals surface area contributed by atoms with Gasteiger partial charge in [0.15, 0.2) is 0 Å². The zero-order valence-electron chi connectivity index (χ0n) is 18.5. The summed E-state index contributed by atoms with van der Waals surface area (Å²) < 4.78 is 1.79. The second kappa shape index (κ2) is 8.65. The number of anilines is 1. The van der Waals surface area contributed by atoms with Crippen LogP contribution in [0.4, 0.5) is 5.69 Å². The van der Waals surface area contributed by atoms with Crippen LogP contribution in [0.2, 0.25) is 5.02 Å². The van der Waals surface area contributed by atoms with Gasteiger partial charge in [0.1, 0.15) is 5.69 Å². The lowest BCUT2D eigenvalue weighted by molar-refractivity contribution is 0.0926. The maximum absolute atomic E-state index is 13.1. The summed E-state index contributed by atoms with van der Waals surface area (Å²) in [7, 11) is 0. The molecule has 0 saturated heterocycles. The number of carbonyl (C=O) groups excluding carboxylic acids is 2. The molecule has 0 aliphatic heterocycles. The number of hydrogen-bond donors (Lipinski definition) is 2. The molecule has 31 heavy (non-hydrogen) atoms. The molecule has 4 rings (SSSR count). The second-order valence-electron chi connectivity index (χ2n) is 9.77. The third-order valence-electron chi connectivity index (χ3n) is 6.00. The van der Waals surface area contributed by atoms with E-state index >= 15 is 0 Å². The quantitative estimate of drug-likeness (QED) is 0.643. The van der Waals surface area contributed by atoms with Crippen molar-refractivity contribution in [3.8, 4) is 0 Å². The van der Waals surface area contributed by atoms with E-state index in [1.807, 2.05) is 26.8 Å². The molecule has 2 saturated carbocycles. The molecule has 0 atom stereocenters. The fourth-order valence-corrected chi connectivity index (χ4v) is 4.34. The Kier molecular flexibility index (Phi) is 6.11. The number of aromatic nitrogens is 2. The highest BCUT2D eigenvalue weighted by molar-refractivity contribution is 6.34. The van der Waals surface area contributed by atoms with E-state index in [0.717, 1.165) is 44.2 Å². The van der Waals surface area contributed by atoms with E-state index in [0.29, 0.717) is 27.9 Å². The van der Waals surface area contributed by atoms with Crippen molar-refractivity contribution in [3.05, 3.63) is 46.2 Å². The predicted octanol–water partition coefficient (Wildman–Crippen LogP) is 5.48. The Morgan fingerprint density at radius 2 is 1.74 bits per heavy atom. The van der Waals surface area contributed by atoms with Crippen molar-refractivity contribution in [1.82, 2.24) is 15.1 Å². The first-order valence-electron chi connectivity index (χ1n) is 11.2. The van der Waals surface area contributed by atoms with Gasteiger partial charge in [0.25, 0.3) is 11.8 Å². The Hall–Kier alpha value is -2.34. The van der Waals surface area contributed by atoms with Gasteiger partial charge in [-0.15, -0.1) is 0 Å². The fraction of sp³-hybridized carbons (Fsp3) is 0.542. The largest absolute Gasteiger partial charge is 0.349 e. The number of amides is 2. The number of hydrogen-bond acceptors (Lipinski definition) is 3. The van der Waals surface area contributed by atoms with Gasteiger partial charge in [-0.3, -0.25) is 14.3 Å². The van der Waals surface area contributed by atoms with Crippen LogP contribution in [-0.2, 0) is 5.54 Å². The molecule has 2 aromatic rings. The van der Waals surface area contributed by atoms with E-state index in [1.54, 1.807) is 22.9 Å². The van der Waals surface area contributed by atoms with Gasteiger partial charge in [0, 0.05) is 17.6 Å². The average Bonchev–Trinajstić information content (AvgIpc) is 3.46. The molecular weight excluding hydrogens is 412 g/mol. The highest BCUT2D eigenvalue weighted by Gasteiger charge is 2.31. The molecule has 2 aliphatic carbocycles. The number of halogens is 1. The number of rotatable bonds is 5. The predicted molar refractivity (Wildman–Crippen MR) is 123 cm³/mol. The summed E-state index contributed by atoms with van der Waals surface area (Å²) in [5.41, 5.74) is 2.11. The topological polar surface area (TPSA) is 76.0 Å². The Morgan fingerprint density at radius 3 is 2.39 bits per heavy atom. The van der Waals surface area contributed by atoms with Gasteiger partial charge in [-0.05, 0) is 70.7 Å². The van der Waals surface area contributed by atoms with Crippen LogP contribution in [-0.4, -0.2) is 27.6 Å². The number of nitrogens with one attached hydrogen (secondary N) is 2. The number of benzene rings is 1. The SMILES string of the molecule is CC(C)(C)n1nc(C2CC2)cc1C(=O)Nc1ccc(Cl)c(C(=O)NC2CCCCC2)c1. The lowest BCUT2D eigenvalue weighted by Crippen LogP contribution is -2.36. The molecular formula is C24H31ClN4O2. The summed E-state index contributed by atoms with van der Waals surface area (Å²) >= 11 is 6.30. The first-order chi connectivity index (χ1) is 14.7. The lowest BCUT2D eigenvalue weighted by Gasteiger charge is -2.23. The van der Waals surface area contributed by atoms with Crippen molar-refractivity contribution in [2.75, 3.05) is 5.32 Å². The third kappa shape index (κ3) is 5.12. The normalized spacial score (nSPS) is 17.4. The number of nitrogens with zero attached hydrogens (tertiary/aromatic N) is 2. The minimum absolute atomic E-state index is 0.191. The van der Waals surface area contributed by atoms with Crippen LogP contribution in [0.15, 0.2) is 24.3 Å².